The van der Waals surface area contributed by atoms with Crippen molar-refractivity contribution in [2.24, 2.45) is 0 Å². The lowest BCUT2D eigenvalue weighted by atomic mass is 10.0. The molecule has 4 aromatic rings. The Morgan fingerprint density at radius 1 is 1.04 bits per heavy atom. The summed E-state index contributed by atoms with van der Waals surface area (Å²) in [5.41, 5.74) is 8.78. The molecule has 0 bridgehead atoms. The van der Waals surface area contributed by atoms with Crippen LogP contribution in [0.2, 0.25) is 0 Å². The van der Waals surface area contributed by atoms with E-state index >= 15 is 0 Å². The van der Waals surface area contributed by atoms with E-state index in [-0.39, 0.29) is 5.95 Å². The fraction of sp³-hybridized carbons (Fsp3) is 0.111. The van der Waals surface area contributed by atoms with Gasteiger partial charge in [0.05, 0.1) is 6.20 Å². The minimum atomic E-state index is -0.917. The molecule has 6 nitrogen and oxygen atoms in total. The maximum atomic E-state index is 13.7. The predicted octanol–water partition coefficient (Wildman–Crippen LogP) is 3.44. The van der Waals surface area contributed by atoms with E-state index in [0.29, 0.717) is 34.7 Å². The molecular weight excluding hydrogens is 338 g/mol. The van der Waals surface area contributed by atoms with Gasteiger partial charge in [-0.15, -0.1) is 0 Å². The fourth-order valence-electron chi connectivity index (χ4n) is 2.92. The van der Waals surface area contributed by atoms with Gasteiger partial charge in [-0.2, -0.15) is 4.98 Å². The molecule has 2 N–H and O–H groups in total. The van der Waals surface area contributed by atoms with Crippen molar-refractivity contribution >= 4 is 17.1 Å². The third-order valence-corrected chi connectivity index (χ3v) is 4.12. The second-order valence-corrected chi connectivity index (χ2v) is 5.67. The minimum absolute atomic E-state index is 0.161. The smallest absolute Gasteiger partial charge is 0.222 e. The van der Waals surface area contributed by atoms with Crippen molar-refractivity contribution in [2.45, 2.75) is 13.5 Å². The van der Waals surface area contributed by atoms with Gasteiger partial charge in [-0.05, 0) is 30.7 Å². The Kier molecular flexibility index (Phi) is 3.80. The summed E-state index contributed by atoms with van der Waals surface area (Å²) in [6.07, 6.45) is 4.78. The number of nitrogens with zero attached hydrogens (tertiary/aromatic N) is 5. The molecule has 0 aliphatic carbocycles. The number of anilines is 1. The molecule has 0 saturated carbocycles. The van der Waals surface area contributed by atoms with E-state index in [1.54, 1.807) is 24.7 Å². The van der Waals surface area contributed by atoms with Gasteiger partial charge in [-0.1, -0.05) is 6.07 Å². The number of hydrogen-bond acceptors (Lipinski definition) is 5. The van der Waals surface area contributed by atoms with Gasteiger partial charge < -0.3 is 10.3 Å². The van der Waals surface area contributed by atoms with Crippen molar-refractivity contribution in [3.05, 3.63) is 54.5 Å². The van der Waals surface area contributed by atoms with Gasteiger partial charge in [0.15, 0.2) is 17.3 Å². The summed E-state index contributed by atoms with van der Waals surface area (Å²) < 4.78 is 28.9. The molecule has 0 unspecified atom stereocenters. The second-order valence-electron chi connectivity index (χ2n) is 5.67. The molecule has 0 aliphatic rings. The molecule has 26 heavy (non-hydrogen) atoms. The number of rotatable bonds is 3. The Labute approximate surface area is 147 Å². The highest BCUT2D eigenvalue weighted by atomic mass is 19.2. The average molecular weight is 352 g/mol. The van der Waals surface area contributed by atoms with Crippen molar-refractivity contribution < 1.29 is 8.78 Å². The number of nitrogens with two attached hydrogens (primary N) is 1. The lowest BCUT2D eigenvalue weighted by Crippen LogP contribution is -2.02. The predicted molar refractivity (Wildman–Crippen MR) is 94.0 cm³/mol. The van der Waals surface area contributed by atoms with Gasteiger partial charge in [0.2, 0.25) is 5.95 Å². The monoisotopic (exact) mass is 352 g/mol. The van der Waals surface area contributed by atoms with E-state index in [9.17, 15) is 8.78 Å². The summed E-state index contributed by atoms with van der Waals surface area (Å²) in [7, 11) is 0. The lowest BCUT2D eigenvalue weighted by Gasteiger charge is -2.11. The Bertz CT molecular complexity index is 1120. The molecule has 0 aliphatic heterocycles. The third kappa shape index (κ3) is 2.55. The van der Waals surface area contributed by atoms with Crippen LogP contribution in [0, 0.1) is 11.6 Å². The quantitative estimate of drug-likeness (QED) is 0.611. The van der Waals surface area contributed by atoms with Crippen molar-refractivity contribution in [3.63, 3.8) is 0 Å². The minimum Gasteiger partial charge on any atom is -0.368 e. The normalized spacial score (nSPS) is 11.2. The number of pyridine rings is 1. The number of benzene rings is 1. The molecule has 0 atom stereocenters. The molecule has 0 fully saturated rings. The molecule has 0 spiro atoms. The SMILES string of the molecule is CCn1c(-c2ccncc2-c2ccc(F)c(F)c2)nc2cnc(N)nc21. The number of halogens is 2. The summed E-state index contributed by atoms with van der Waals surface area (Å²) in [6.45, 7) is 2.56. The van der Waals surface area contributed by atoms with E-state index in [0.717, 1.165) is 17.7 Å². The molecule has 1 aromatic carbocycles. The molecular formula is C18H14F2N6. The molecule has 130 valence electrons. The lowest BCUT2D eigenvalue weighted by molar-refractivity contribution is 0.509. The first-order valence-electron chi connectivity index (χ1n) is 7.97. The molecule has 0 radical (unpaired) electrons. The van der Waals surface area contributed by atoms with Crippen molar-refractivity contribution in [2.75, 3.05) is 5.73 Å². The Morgan fingerprint density at radius 3 is 2.65 bits per heavy atom. The van der Waals surface area contributed by atoms with Crippen LogP contribution in [-0.2, 0) is 6.54 Å². The number of hydrogen-bond donors (Lipinski definition) is 1. The first-order chi connectivity index (χ1) is 12.6. The van der Waals surface area contributed by atoms with Crippen LogP contribution in [0.25, 0.3) is 33.7 Å². The number of imidazole rings is 1. The number of aromatic nitrogens is 5. The van der Waals surface area contributed by atoms with Crippen LogP contribution < -0.4 is 5.73 Å². The van der Waals surface area contributed by atoms with Gasteiger partial charge in [0.1, 0.15) is 11.3 Å². The van der Waals surface area contributed by atoms with Crippen molar-refractivity contribution in [1.29, 1.82) is 0 Å². The zero-order valence-electron chi connectivity index (χ0n) is 13.8. The first-order valence-corrected chi connectivity index (χ1v) is 7.97. The van der Waals surface area contributed by atoms with Crippen LogP contribution >= 0.6 is 0 Å². The maximum absolute atomic E-state index is 13.7. The number of nitrogen functional groups attached to an aromatic ring is 1. The van der Waals surface area contributed by atoms with Gasteiger partial charge in [0.25, 0.3) is 0 Å². The molecule has 8 heteroatoms. The first kappa shape index (κ1) is 16.1. The second kappa shape index (κ2) is 6.14. The average Bonchev–Trinajstić information content (AvgIpc) is 3.01. The summed E-state index contributed by atoms with van der Waals surface area (Å²) in [6, 6.07) is 5.53. The summed E-state index contributed by atoms with van der Waals surface area (Å²) in [5.74, 6) is -1.02. The number of aryl methyl sites for hydroxylation is 1. The van der Waals surface area contributed by atoms with E-state index in [4.69, 9.17) is 5.73 Å². The molecule has 3 aromatic heterocycles. The number of fused-ring (bicyclic) bond motifs is 1. The van der Waals surface area contributed by atoms with Gasteiger partial charge >= 0.3 is 0 Å². The maximum Gasteiger partial charge on any atom is 0.222 e. The van der Waals surface area contributed by atoms with Crippen LogP contribution in [0.1, 0.15) is 6.92 Å². The Balaban J connectivity index is 1.97. The van der Waals surface area contributed by atoms with E-state index in [2.05, 4.69) is 19.9 Å². The Morgan fingerprint density at radius 2 is 1.88 bits per heavy atom. The highest BCUT2D eigenvalue weighted by Crippen LogP contribution is 2.33. The molecule has 3 heterocycles. The summed E-state index contributed by atoms with van der Waals surface area (Å²) >= 11 is 0. The van der Waals surface area contributed by atoms with Gasteiger partial charge in [0, 0.05) is 30.1 Å². The van der Waals surface area contributed by atoms with Crippen molar-refractivity contribution in [1.82, 2.24) is 24.5 Å². The van der Waals surface area contributed by atoms with Crippen LogP contribution in [0.5, 0.6) is 0 Å². The van der Waals surface area contributed by atoms with E-state index in [1.165, 1.54) is 6.07 Å². The Hall–Kier alpha value is -3.42. The van der Waals surface area contributed by atoms with Crippen LogP contribution in [0.3, 0.4) is 0 Å². The highest BCUT2D eigenvalue weighted by Gasteiger charge is 2.18. The van der Waals surface area contributed by atoms with Gasteiger partial charge in [-0.3, -0.25) is 4.98 Å². The van der Waals surface area contributed by atoms with Gasteiger partial charge in [-0.25, -0.2) is 18.7 Å². The van der Waals surface area contributed by atoms with Crippen LogP contribution in [0.4, 0.5) is 14.7 Å². The zero-order chi connectivity index (χ0) is 18.3. The van der Waals surface area contributed by atoms with Crippen LogP contribution in [0.15, 0.2) is 42.9 Å². The topological polar surface area (TPSA) is 82.5 Å². The van der Waals surface area contributed by atoms with Crippen molar-refractivity contribution in [3.8, 4) is 22.5 Å². The fourth-order valence-corrected chi connectivity index (χ4v) is 2.92. The van der Waals surface area contributed by atoms with Crippen LogP contribution in [-0.4, -0.2) is 24.5 Å². The molecule has 0 amide bonds. The largest absolute Gasteiger partial charge is 0.368 e. The zero-order valence-corrected chi connectivity index (χ0v) is 13.8. The summed E-state index contributed by atoms with van der Waals surface area (Å²) in [4.78, 5) is 17.0. The standard InChI is InChI=1S/C18H14F2N6/c1-2-26-16(24-15-9-23-18(21)25-17(15)26)11-5-6-22-8-12(11)10-3-4-13(19)14(20)7-10/h3-9H,2H2,1H3,(H2,21,23,25). The highest BCUT2D eigenvalue weighted by molar-refractivity contribution is 5.84. The molecule has 0 saturated heterocycles. The van der Waals surface area contributed by atoms with E-state index in [1.807, 2.05) is 11.5 Å². The molecule has 4 rings (SSSR count). The third-order valence-electron chi connectivity index (χ3n) is 4.12. The van der Waals surface area contributed by atoms with E-state index < -0.39 is 11.6 Å². The summed E-state index contributed by atoms with van der Waals surface area (Å²) in [5, 5.41) is 0.